The summed E-state index contributed by atoms with van der Waals surface area (Å²) >= 11 is 0. The normalized spacial score (nSPS) is 15.9. The van der Waals surface area contributed by atoms with Gasteiger partial charge < -0.3 is 5.32 Å². The molecule has 1 amide bonds. The fourth-order valence-corrected chi connectivity index (χ4v) is 1.24. The molecule has 76 valence electrons. The van der Waals surface area contributed by atoms with E-state index in [1.54, 1.807) is 0 Å². The molecule has 1 unspecified atom stereocenters. The summed E-state index contributed by atoms with van der Waals surface area (Å²) in [5, 5.41) is 1.31. The Morgan fingerprint density at radius 2 is 2.00 bits per heavy atom. The Morgan fingerprint density at radius 3 is 2.31 bits per heavy atom. The molecule has 2 N–H and O–H groups in total. The van der Waals surface area contributed by atoms with Crippen molar-refractivity contribution < 1.29 is 17.8 Å². The number of carbonyl (C=O) groups excluding carboxylic acids is 1. The first kappa shape index (κ1) is 12.1. The van der Waals surface area contributed by atoms with Gasteiger partial charge in [0.05, 0.1) is 0 Å². The van der Waals surface area contributed by atoms with Gasteiger partial charge in [0, 0.05) is 6.04 Å². The summed E-state index contributed by atoms with van der Waals surface area (Å²) in [6.07, 6.45) is 1.03. The monoisotopic (exact) mass is 207 g/mol. The van der Waals surface area contributed by atoms with Gasteiger partial charge in [-0.05, 0) is 19.9 Å². The summed E-state index contributed by atoms with van der Waals surface area (Å²) in [6.45, 7) is 6.01. The van der Waals surface area contributed by atoms with Crippen molar-refractivity contribution in [3.8, 4) is 0 Å². The molecule has 13 heavy (non-hydrogen) atoms. The van der Waals surface area contributed by atoms with Crippen LogP contribution in [0.3, 0.4) is 0 Å². The molecule has 0 heterocycles. The van der Waals surface area contributed by atoms with Crippen LogP contribution < -0.4 is 5.32 Å². The molecule has 0 rings (SSSR count). The van der Waals surface area contributed by atoms with Crippen LogP contribution in [0.1, 0.15) is 13.8 Å². The van der Waals surface area contributed by atoms with E-state index in [-0.39, 0.29) is 0 Å². The number of nitrogens with one attached hydrogen (secondary N) is 1. The minimum Gasteiger partial charge on any atom is -0.349 e. The second-order valence-electron chi connectivity index (χ2n) is 2.72. The lowest BCUT2D eigenvalue weighted by Crippen LogP contribution is -2.42. The molecular formula is C7H13NO4S. The smallest absolute Gasteiger partial charge is 0.269 e. The van der Waals surface area contributed by atoms with Gasteiger partial charge in [-0.25, -0.2) is 0 Å². The van der Waals surface area contributed by atoms with E-state index >= 15 is 0 Å². The third-order valence-electron chi connectivity index (χ3n) is 1.73. The number of hydrogen-bond donors (Lipinski definition) is 2. The first-order valence-corrected chi connectivity index (χ1v) is 5.18. The van der Waals surface area contributed by atoms with E-state index in [1.807, 2.05) is 0 Å². The number of hydrogen-bond acceptors (Lipinski definition) is 3. The predicted molar refractivity (Wildman–Crippen MR) is 48.8 cm³/mol. The van der Waals surface area contributed by atoms with E-state index < -0.39 is 27.3 Å². The van der Waals surface area contributed by atoms with Crippen LogP contribution in [0.15, 0.2) is 12.7 Å². The molecule has 0 aromatic carbocycles. The largest absolute Gasteiger partial charge is 0.349 e. The van der Waals surface area contributed by atoms with Gasteiger partial charge in [-0.2, -0.15) is 8.42 Å². The van der Waals surface area contributed by atoms with Crippen molar-refractivity contribution in [1.82, 2.24) is 5.32 Å². The van der Waals surface area contributed by atoms with Crippen molar-refractivity contribution >= 4 is 16.0 Å². The topological polar surface area (TPSA) is 83.5 Å². The van der Waals surface area contributed by atoms with Crippen molar-refractivity contribution in [1.29, 1.82) is 0 Å². The zero-order valence-electron chi connectivity index (χ0n) is 7.52. The maximum Gasteiger partial charge on any atom is 0.269 e. The molecule has 0 spiro atoms. The summed E-state index contributed by atoms with van der Waals surface area (Å²) in [5.41, 5.74) is 0. The predicted octanol–water partition coefficient (Wildman–Crippen LogP) is -0.0466. The summed E-state index contributed by atoms with van der Waals surface area (Å²) < 4.78 is 29.9. The number of carbonyl (C=O) groups is 1. The Labute approximate surface area is 77.6 Å². The highest BCUT2D eigenvalue weighted by Crippen LogP contribution is 2.03. The lowest BCUT2D eigenvalue weighted by Gasteiger charge is -2.17. The van der Waals surface area contributed by atoms with Crippen LogP contribution in [0, 0.1) is 0 Å². The molecule has 5 nitrogen and oxygen atoms in total. The Hall–Kier alpha value is -0.880. The second-order valence-corrected chi connectivity index (χ2v) is 4.49. The third kappa shape index (κ3) is 4.05. The van der Waals surface area contributed by atoms with Gasteiger partial charge in [0.25, 0.3) is 10.1 Å². The lowest BCUT2D eigenvalue weighted by molar-refractivity contribution is -0.117. The Bertz CT molecular complexity index is 296. The van der Waals surface area contributed by atoms with Crippen molar-refractivity contribution in [2.45, 2.75) is 25.1 Å². The minimum absolute atomic E-state index is 0.469. The van der Waals surface area contributed by atoms with Gasteiger partial charge in [0.1, 0.15) is 5.25 Å². The first-order chi connectivity index (χ1) is 5.79. The van der Waals surface area contributed by atoms with Gasteiger partial charge in [-0.15, -0.1) is 0 Å². The van der Waals surface area contributed by atoms with Crippen LogP contribution in [0.2, 0.25) is 0 Å². The fourth-order valence-electron chi connectivity index (χ4n) is 0.659. The summed E-state index contributed by atoms with van der Waals surface area (Å²) in [6, 6.07) is -0.652. The van der Waals surface area contributed by atoms with Gasteiger partial charge in [0.15, 0.2) is 0 Å². The van der Waals surface area contributed by atoms with Gasteiger partial charge >= 0.3 is 0 Å². The SMILES string of the molecule is C=CC(=O)NC(C)[C@H](C)S(=O)(=O)O. The van der Waals surface area contributed by atoms with E-state index in [0.29, 0.717) is 0 Å². The molecule has 6 heteroatoms. The first-order valence-electron chi connectivity index (χ1n) is 3.68. The van der Waals surface area contributed by atoms with E-state index in [1.165, 1.54) is 13.8 Å². The molecule has 0 aliphatic heterocycles. The zero-order valence-corrected chi connectivity index (χ0v) is 8.34. The Balaban J connectivity index is 4.36. The van der Waals surface area contributed by atoms with E-state index in [2.05, 4.69) is 11.9 Å². The average Bonchev–Trinajstić information content (AvgIpc) is 2.01. The van der Waals surface area contributed by atoms with Crippen LogP contribution in [-0.4, -0.2) is 30.2 Å². The van der Waals surface area contributed by atoms with E-state index in [4.69, 9.17) is 4.55 Å². The molecule has 0 saturated heterocycles. The summed E-state index contributed by atoms with van der Waals surface area (Å²) in [7, 11) is -4.10. The van der Waals surface area contributed by atoms with Gasteiger partial charge in [-0.1, -0.05) is 6.58 Å². The molecule has 0 saturated carbocycles. The standard InChI is InChI=1S/C7H13NO4S/c1-4-7(9)8-5(2)6(3)13(10,11)12/h4-6H,1H2,2-3H3,(H,8,9)(H,10,11,12)/t5?,6-/m0/s1. The molecule has 0 aliphatic rings. The highest BCUT2D eigenvalue weighted by Gasteiger charge is 2.24. The molecule has 0 fully saturated rings. The highest BCUT2D eigenvalue weighted by atomic mass is 32.2. The van der Waals surface area contributed by atoms with Crippen LogP contribution in [-0.2, 0) is 14.9 Å². The second kappa shape index (κ2) is 4.38. The maximum absolute atomic E-state index is 10.7. The molecular weight excluding hydrogens is 194 g/mol. The fraction of sp³-hybridized carbons (Fsp3) is 0.571. The quantitative estimate of drug-likeness (QED) is 0.500. The highest BCUT2D eigenvalue weighted by molar-refractivity contribution is 7.86. The van der Waals surface area contributed by atoms with Crippen LogP contribution in [0.25, 0.3) is 0 Å². The third-order valence-corrected chi connectivity index (χ3v) is 3.08. The van der Waals surface area contributed by atoms with Gasteiger partial charge in [0.2, 0.25) is 5.91 Å². The lowest BCUT2D eigenvalue weighted by atomic mass is 10.2. The molecule has 0 aromatic heterocycles. The maximum atomic E-state index is 10.7. The summed E-state index contributed by atoms with van der Waals surface area (Å²) in [5.74, 6) is -0.469. The van der Waals surface area contributed by atoms with Crippen LogP contribution >= 0.6 is 0 Å². The Kier molecular flexibility index (Phi) is 4.09. The van der Waals surface area contributed by atoms with Gasteiger partial charge in [-0.3, -0.25) is 9.35 Å². The molecule has 0 radical (unpaired) electrons. The number of rotatable bonds is 4. The summed E-state index contributed by atoms with van der Waals surface area (Å²) in [4.78, 5) is 10.7. The van der Waals surface area contributed by atoms with Crippen molar-refractivity contribution in [3.05, 3.63) is 12.7 Å². The zero-order chi connectivity index (χ0) is 10.6. The van der Waals surface area contributed by atoms with Crippen molar-refractivity contribution in [2.75, 3.05) is 0 Å². The average molecular weight is 207 g/mol. The molecule has 0 bridgehead atoms. The molecule has 0 aromatic rings. The Morgan fingerprint density at radius 1 is 1.54 bits per heavy atom. The van der Waals surface area contributed by atoms with Crippen molar-refractivity contribution in [2.24, 2.45) is 0 Å². The van der Waals surface area contributed by atoms with Crippen molar-refractivity contribution in [3.63, 3.8) is 0 Å². The van der Waals surface area contributed by atoms with Crippen LogP contribution in [0.5, 0.6) is 0 Å². The van der Waals surface area contributed by atoms with E-state index in [9.17, 15) is 13.2 Å². The molecule has 2 atom stereocenters. The van der Waals surface area contributed by atoms with Crippen LogP contribution in [0.4, 0.5) is 0 Å². The minimum atomic E-state index is -4.10. The molecule has 0 aliphatic carbocycles. The number of amides is 1. The van der Waals surface area contributed by atoms with E-state index in [0.717, 1.165) is 6.08 Å².